The molecular formula is C10H11FN2O2. The Morgan fingerprint density at radius 2 is 2.20 bits per heavy atom. The Kier molecular flexibility index (Phi) is 2.40. The highest BCUT2D eigenvalue weighted by molar-refractivity contribution is 5.42. The van der Waals surface area contributed by atoms with Crippen LogP contribution in [0.25, 0.3) is 0 Å². The van der Waals surface area contributed by atoms with Gasteiger partial charge in [-0.05, 0) is 30.7 Å². The third-order valence-electron chi connectivity index (χ3n) is 2.67. The van der Waals surface area contributed by atoms with Gasteiger partial charge in [-0.15, -0.1) is 0 Å². The second kappa shape index (κ2) is 3.58. The van der Waals surface area contributed by atoms with Crippen LogP contribution < -0.4 is 0 Å². The number of fused-ring (bicyclic) bond motifs is 1. The molecule has 1 heterocycles. The number of nitro benzene ring substituents is 1. The normalized spacial score (nSPS) is 16.1. The molecule has 0 saturated heterocycles. The molecule has 0 atom stereocenters. The molecule has 15 heavy (non-hydrogen) atoms. The van der Waals surface area contributed by atoms with Crippen molar-refractivity contribution in [2.75, 3.05) is 13.6 Å². The van der Waals surface area contributed by atoms with Crippen molar-refractivity contribution in [3.8, 4) is 0 Å². The summed E-state index contributed by atoms with van der Waals surface area (Å²) in [5.41, 5.74) is 1.32. The van der Waals surface area contributed by atoms with E-state index in [0.717, 1.165) is 24.1 Å². The van der Waals surface area contributed by atoms with Crippen molar-refractivity contribution in [2.24, 2.45) is 0 Å². The quantitative estimate of drug-likeness (QED) is 0.523. The number of nitrogens with zero attached hydrogens (tertiary/aromatic N) is 2. The van der Waals surface area contributed by atoms with Crippen molar-refractivity contribution in [1.82, 2.24) is 4.90 Å². The van der Waals surface area contributed by atoms with Gasteiger partial charge < -0.3 is 4.90 Å². The topological polar surface area (TPSA) is 46.4 Å². The minimum Gasteiger partial charge on any atom is -0.302 e. The van der Waals surface area contributed by atoms with Crippen molar-refractivity contribution >= 4 is 5.69 Å². The molecule has 1 aliphatic heterocycles. The first-order valence-electron chi connectivity index (χ1n) is 4.72. The van der Waals surface area contributed by atoms with Gasteiger partial charge in [-0.25, -0.2) is 0 Å². The molecule has 1 aromatic rings. The first-order valence-corrected chi connectivity index (χ1v) is 4.72. The van der Waals surface area contributed by atoms with E-state index < -0.39 is 16.4 Å². The monoisotopic (exact) mass is 210 g/mol. The van der Waals surface area contributed by atoms with Gasteiger partial charge in [-0.1, -0.05) is 0 Å². The molecule has 0 bridgehead atoms. The molecule has 0 amide bonds. The van der Waals surface area contributed by atoms with Crippen LogP contribution in [-0.2, 0) is 13.0 Å². The van der Waals surface area contributed by atoms with Crippen molar-refractivity contribution in [3.05, 3.63) is 39.2 Å². The van der Waals surface area contributed by atoms with Gasteiger partial charge in [-0.2, -0.15) is 4.39 Å². The molecule has 0 aromatic heterocycles. The Balaban J connectivity index is 2.47. The summed E-state index contributed by atoms with van der Waals surface area (Å²) in [7, 11) is 1.94. The summed E-state index contributed by atoms with van der Waals surface area (Å²) in [6, 6.07) is 2.64. The number of benzene rings is 1. The van der Waals surface area contributed by atoms with Gasteiger partial charge in [0.25, 0.3) is 0 Å². The van der Waals surface area contributed by atoms with Crippen LogP contribution in [0.1, 0.15) is 11.1 Å². The maximum absolute atomic E-state index is 13.3. The molecule has 0 aliphatic carbocycles. The third-order valence-corrected chi connectivity index (χ3v) is 2.67. The number of hydrogen-bond acceptors (Lipinski definition) is 3. The number of likely N-dealkylation sites (N-methyl/N-ethyl adjacent to an activating group) is 1. The predicted octanol–water partition coefficient (Wildman–Crippen LogP) is 1.72. The lowest BCUT2D eigenvalue weighted by Crippen LogP contribution is -2.26. The molecule has 80 valence electrons. The Hall–Kier alpha value is -1.49. The maximum atomic E-state index is 13.3. The number of hydrogen-bond donors (Lipinski definition) is 0. The Labute approximate surface area is 86.5 Å². The molecule has 0 saturated carbocycles. The molecule has 4 nitrogen and oxygen atoms in total. The van der Waals surface area contributed by atoms with Gasteiger partial charge in [0.2, 0.25) is 5.82 Å². The molecule has 0 N–H and O–H groups in total. The summed E-state index contributed by atoms with van der Waals surface area (Å²) in [6.07, 6.45) is 0.751. The minimum atomic E-state index is -0.733. The highest BCUT2D eigenvalue weighted by Crippen LogP contribution is 2.26. The van der Waals surface area contributed by atoms with Crippen LogP contribution in [0.5, 0.6) is 0 Å². The standard InChI is InChI=1S/C10H11FN2O2/c1-12-3-2-7-4-9(11)10(13(14)15)5-8(7)6-12/h4-5H,2-3,6H2,1H3. The lowest BCUT2D eigenvalue weighted by molar-refractivity contribution is -0.387. The van der Waals surface area contributed by atoms with E-state index in [9.17, 15) is 14.5 Å². The highest BCUT2D eigenvalue weighted by Gasteiger charge is 2.21. The summed E-state index contributed by atoms with van der Waals surface area (Å²) in [4.78, 5) is 11.9. The molecule has 1 aliphatic rings. The first-order chi connectivity index (χ1) is 7.08. The molecule has 2 rings (SSSR count). The summed E-state index contributed by atoms with van der Waals surface area (Å²) >= 11 is 0. The second-order valence-electron chi connectivity index (χ2n) is 3.82. The summed E-state index contributed by atoms with van der Waals surface area (Å²) < 4.78 is 13.3. The number of halogens is 1. The van der Waals surface area contributed by atoms with E-state index >= 15 is 0 Å². The van der Waals surface area contributed by atoms with Gasteiger partial charge in [0.15, 0.2) is 0 Å². The fourth-order valence-electron chi connectivity index (χ4n) is 1.85. The fourth-order valence-corrected chi connectivity index (χ4v) is 1.85. The molecule has 0 spiro atoms. The van der Waals surface area contributed by atoms with E-state index in [4.69, 9.17) is 0 Å². The van der Waals surface area contributed by atoms with Crippen LogP contribution in [-0.4, -0.2) is 23.4 Å². The van der Waals surface area contributed by atoms with E-state index in [1.54, 1.807) is 0 Å². The lowest BCUT2D eigenvalue weighted by Gasteiger charge is -2.24. The van der Waals surface area contributed by atoms with E-state index in [0.29, 0.717) is 6.54 Å². The van der Waals surface area contributed by atoms with Crippen LogP contribution in [0.15, 0.2) is 12.1 Å². The van der Waals surface area contributed by atoms with E-state index in [-0.39, 0.29) is 0 Å². The Bertz CT molecular complexity index is 420. The molecule has 1 aromatic carbocycles. The molecular weight excluding hydrogens is 199 g/mol. The SMILES string of the molecule is CN1CCc2cc(F)c([N+](=O)[O-])cc2C1. The third kappa shape index (κ3) is 1.83. The van der Waals surface area contributed by atoms with Crippen LogP contribution in [0.3, 0.4) is 0 Å². The number of rotatable bonds is 1. The minimum absolute atomic E-state index is 0.427. The highest BCUT2D eigenvalue weighted by atomic mass is 19.1. The van der Waals surface area contributed by atoms with E-state index in [1.165, 1.54) is 12.1 Å². The van der Waals surface area contributed by atoms with Gasteiger partial charge in [0, 0.05) is 19.2 Å². The maximum Gasteiger partial charge on any atom is 0.305 e. The van der Waals surface area contributed by atoms with Crippen molar-refractivity contribution < 1.29 is 9.31 Å². The van der Waals surface area contributed by atoms with Gasteiger partial charge in [-0.3, -0.25) is 10.1 Å². The predicted molar refractivity (Wildman–Crippen MR) is 53.1 cm³/mol. The zero-order valence-corrected chi connectivity index (χ0v) is 8.36. The molecule has 0 fully saturated rings. The van der Waals surface area contributed by atoms with E-state index in [1.807, 2.05) is 7.05 Å². The van der Waals surface area contributed by atoms with Crippen LogP contribution in [0.2, 0.25) is 0 Å². The zero-order valence-electron chi connectivity index (χ0n) is 8.36. The molecule has 5 heteroatoms. The summed E-state index contributed by atoms with van der Waals surface area (Å²) in [5.74, 6) is -0.733. The van der Waals surface area contributed by atoms with Gasteiger partial charge >= 0.3 is 5.69 Å². The van der Waals surface area contributed by atoms with Gasteiger partial charge in [0.1, 0.15) is 0 Å². The average Bonchev–Trinajstić information content (AvgIpc) is 2.17. The number of nitro groups is 1. The lowest BCUT2D eigenvalue weighted by atomic mass is 9.99. The average molecular weight is 210 g/mol. The molecule has 0 radical (unpaired) electrons. The largest absolute Gasteiger partial charge is 0.305 e. The smallest absolute Gasteiger partial charge is 0.302 e. The van der Waals surface area contributed by atoms with E-state index in [2.05, 4.69) is 4.90 Å². The fraction of sp³-hybridized carbons (Fsp3) is 0.400. The van der Waals surface area contributed by atoms with Crippen molar-refractivity contribution in [3.63, 3.8) is 0 Å². The summed E-state index contributed by atoms with van der Waals surface area (Å²) in [6.45, 7) is 1.51. The van der Waals surface area contributed by atoms with Crippen molar-refractivity contribution in [1.29, 1.82) is 0 Å². The second-order valence-corrected chi connectivity index (χ2v) is 3.82. The van der Waals surface area contributed by atoms with Crippen LogP contribution in [0, 0.1) is 15.9 Å². The summed E-state index contributed by atoms with van der Waals surface area (Å²) in [5, 5.41) is 10.5. The van der Waals surface area contributed by atoms with Crippen molar-refractivity contribution in [2.45, 2.75) is 13.0 Å². The van der Waals surface area contributed by atoms with Crippen LogP contribution in [0.4, 0.5) is 10.1 Å². The zero-order chi connectivity index (χ0) is 11.0. The molecule has 0 unspecified atom stereocenters. The Morgan fingerprint density at radius 3 is 2.87 bits per heavy atom. The first kappa shape index (κ1) is 10.0. The Morgan fingerprint density at radius 1 is 1.47 bits per heavy atom. The van der Waals surface area contributed by atoms with Gasteiger partial charge in [0.05, 0.1) is 4.92 Å². The van der Waals surface area contributed by atoms with Crippen LogP contribution >= 0.6 is 0 Å².